The molecular weight excluding hydrogens is 312 g/mol. The van der Waals surface area contributed by atoms with Gasteiger partial charge in [0, 0.05) is 5.69 Å². The molecule has 1 aromatic heterocycles. The molecule has 3 aromatic carbocycles. The Bertz CT molecular complexity index is 1030. The predicted octanol–water partition coefficient (Wildman–Crippen LogP) is 5.06. The quantitative estimate of drug-likeness (QED) is 0.572. The first kappa shape index (κ1) is 15.1. The average Bonchev–Trinajstić information content (AvgIpc) is 3.06. The van der Waals surface area contributed by atoms with Gasteiger partial charge in [-0.25, -0.2) is 4.98 Å². The second-order valence-electron chi connectivity index (χ2n) is 5.89. The fraction of sp³-hybridized carbons (Fsp3) is 0.0476. The Balaban J connectivity index is 1.53. The molecule has 0 aliphatic heterocycles. The van der Waals surface area contributed by atoms with Gasteiger partial charge >= 0.3 is 5.91 Å². The number of aryl methyl sites for hydroxylation is 1. The summed E-state index contributed by atoms with van der Waals surface area (Å²) in [6, 6.07) is 23.4. The van der Waals surface area contributed by atoms with Crippen molar-refractivity contribution in [3.05, 3.63) is 84.3 Å². The number of nitrogens with one attached hydrogen (secondary N) is 1. The summed E-state index contributed by atoms with van der Waals surface area (Å²) in [5.74, 6) is -0.297. The molecule has 0 saturated heterocycles. The van der Waals surface area contributed by atoms with Crippen LogP contribution in [0.25, 0.3) is 22.2 Å². The molecule has 1 amide bonds. The lowest BCUT2D eigenvalue weighted by atomic mass is 10.1. The van der Waals surface area contributed by atoms with Crippen LogP contribution >= 0.6 is 0 Å². The molecule has 4 rings (SSSR count). The molecule has 122 valence electrons. The number of nitrogens with zero attached hydrogens (tertiary/aromatic N) is 1. The minimum Gasteiger partial charge on any atom is -0.432 e. The van der Waals surface area contributed by atoms with Crippen LogP contribution in [0, 0.1) is 6.92 Å². The highest BCUT2D eigenvalue weighted by atomic mass is 16.4. The largest absolute Gasteiger partial charge is 0.432 e. The number of aromatic nitrogens is 1. The van der Waals surface area contributed by atoms with E-state index in [0.29, 0.717) is 16.8 Å². The second-order valence-corrected chi connectivity index (χ2v) is 5.89. The van der Waals surface area contributed by atoms with Gasteiger partial charge < -0.3 is 9.73 Å². The Morgan fingerprint density at radius 1 is 0.920 bits per heavy atom. The minimum absolute atomic E-state index is 0.0627. The second kappa shape index (κ2) is 6.24. The van der Waals surface area contributed by atoms with Gasteiger partial charge in [0.2, 0.25) is 0 Å². The van der Waals surface area contributed by atoms with Gasteiger partial charge in [0.1, 0.15) is 5.52 Å². The van der Waals surface area contributed by atoms with Crippen LogP contribution in [-0.2, 0) is 0 Å². The van der Waals surface area contributed by atoms with Crippen LogP contribution in [0.3, 0.4) is 0 Å². The maximum Gasteiger partial charge on any atom is 0.311 e. The number of hydrogen-bond acceptors (Lipinski definition) is 3. The third-order valence-corrected chi connectivity index (χ3v) is 3.99. The number of benzene rings is 3. The number of carbonyl (C=O) groups is 1. The standard InChI is InChI=1S/C21H16N2O2/c1-14-7-12-19-18(13-14)23-21(25-19)20(24)22-17-10-8-16(9-11-17)15-5-3-2-4-6-15/h2-13H,1H3,(H,22,24). The van der Waals surface area contributed by atoms with Gasteiger partial charge in [-0.05, 0) is 47.9 Å². The molecule has 4 aromatic rings. The molecule has 4 nitrogen and oxygen atoms in total. The van der Waals surface area contributed by atoms with Gasteiger partial charge in [-0.15, -0.1) is 0 Å². The van der Waals surface area contributed by atoms with Crippen molar-refractivity contribution in [2.75, 3.05) is 5.32 Å². The molecule has 1 N–H and O–H groups in total. The number of hydrogen-bond donors (Lipinski definition) is 1. The van der Waals surface area contributed by atoms with Crippen molar-refractivity contribution in [3.63, 3.8) is 0 Å². The van der Waals surface area contributed by atoms with Crippen molar-refractivity contribution in [1.29, 1.82) is 0 Å². The van der Waals surface area contributed by atoms with Crippen LogP contribution in [0.15, 0.2) is 77.2 Å². The van der Waals surface area contributed by atoms with E-state index in [2.05, 4.69) is 10.3 Å². The normalized spacial score (nSPS) is 10.8. The molecular formula is C21H16N2O2. The number of fused-ring (bicyclic) bond motifs is 1. The van der Waals surface area contributed by atoms with Gasteiger partial charge in [0.25, 0.3) is 5.89 Å². The highest BCUT2D eigenvalue weighted by Crippen LogP contribution is 2.22. The van der Waals surface area contributed by atoms with Crippen LogP contribution in [0.1, 0.15) is 16.2 Å². The SMILES string of the molecule is Cc1ccc2oc(C(=O)Nc3ccc(-c4ccccc4)cc3)nc2c1. The smallest absolute Gasteiger partial charge is 0.311 e. The highest BCUT2D eigenvalue weighted by Gasteiger charge is 2.14. The Hall–Kier alpha value is -3.40. The number of carbonyl (C=O) groups excluding carboxylic acids is 1. The summed E-state index contributed by atoms with van der Waals surface area (Å²) in [4.78, 5) is 16.6. The molecule has 0 bridgehead atoms. The Kier molecular flexibility index (Phi) is 3.78. The maximum atomic E-state index is 12.4. The van der Waals surface area contributed by atoms with Crippen molar-refractivity contribution in [3.8, 4) is 11.1 Å². The summed E-state index contributed by atoms with van der Waals surface area (Å²) in [6.45, 7) is 1.97. The van der Waals surface area contributed by atoms with E-state index in [1.807, 2.05) is 79.7 Å². The first-order chi connectivity index (χ1) is 12.2. The van der Waals surface area contributed by atoms with Crippen molar-refractivity contribution < 1.29 is 9.21 Å². The van der Waals surface area contributed by atoms with Gasteiger partial charge in [-0.3, -0.25) is 4.79 Å². The lowest BCUT2D eigenvalue weighted by Gasteiger charge is -2.05. The zero-order chi connectivity index (χ0) is 17.2. The molecule has 0 atom stereocenters. The van der Waals surface area contributed by atoms with E-state index >= 15 is 0 Å². The third-order valence-electron chi connectivity index (χ3n) is 3.99. The lowest BCUT2D eigenvalue weighted by molar-refractivity contribution is 0.0992. The number of anilines is 1. The molecule has 25 heavy (non-hydrogen) atoms. The zero-order valence-corrected chi connectivity index (χ0v) is 13.7. The molecule has 0 aliphatic carbocycles. The highest BCUT2D eigenvalue weighted by molar-refractivity contribution is 6.02. The van der Waals surface area contributed by atoms with Crippen molar-refractivity contribution >= 4 is 22.7 Å². The van der Waals surface area contributed by atoms with Crippen LogP contribution in [0.5, 0.6) is 0 Å². The van der Waals surface area contributed by atoms with Crippen molar-refractivity contribution in [2.24, 2.45) is 0 Å². The first-order valence-corrected chi connectivity index (χ1v) is 8.03. The minimum atomic E-state index is -0.360. The summed E-state index contributed by atoms with van der Waals surface area (Å²) < 4.78 is 5.53. The maximum absolute atomic E-state index is 12.4. The van der Waals surface area contributed by atoms with Crippen molar-refractivity contribution in [2.45, 2.75) is 6.92 Å². The van der Waals surface area contributed by atoms with Gasteiger partial charge in [0.15, 0.2) is 5.58 Å². The molecule has 1 heterocycles. The Morgan fingerprint density at radius 2 is 1.64 bits per heavy atom. The van der Waals surface area contributed by atoms with Gasteiger partial charge in [-0.1, -0.05) is 48.5 Å². The van der Waals surface area contributed by atoms with Crippen molar-refractivity contribution in [1.82, 2.24) is 4.98 Å². The summed E-state index contributed by atoms with van der Waals surface area (Å²) in [7, 11) is 0. The molecule has 0 radical (unpaired) electrons. The van der Waals surface area contributed by atoms with Gasteiger partial charge in [-0.2, -0.15) is 0 Å². The average molecular weight is 328 g/mol. The first-order valence-electron chi connectivity index (χ1n) is 8.03. The summed E-state index contributed by atoms with van der Waals surface area (Å²) in [5, 5.41) is 2.82. The molecule has 0 unspecified atom stereocenters. The number of amides is 1. The van der Waals surface area contributed by atoms with Crippen LogP contribution < -0.4 is 5.32 Å². The Labute approximate surface area is 145 Å². The van der Waals surface area contributed by atoms with E-state index in [1.54, 1.807) is 0 Å². The number of oxazole rings is 1. The van der Waals surface area contributed by atoms with E-state index in [0.717, 1.165) is 16.7 Å². The molecule has 0 spiro atoms. The summed E-state index contributed by atoms with van der Waals surface area (Å²) >= 11 is 0. The predicted molar refractivity (Wildman–Crippen MR) is 98.6 cm³/mol. The zero-order valence-electron chi connectivity index (χ0n) is 13.7. The van der Waals surface area contributed by atoms with E-state index in [1.165, 1.54) is 0 Å². The summed E-state index contributed by atoms with van der Waals surface area (Å²) in [5.41, 5.74) is 5.29. The third kappa shape index (κ3) is 3.15. The van der Waals surface area contributed by atoms with Crippen LogP contribution in [0.2, 0.25) is 0 Å². The van der Waals surface area contributed by atoms with E-state index < -0.39 is 0 Å². The molecule has 0 aliphatic rings. The fourth-order valence-corrected chi connectivity index (χ4v) is 2.70. The molecule has 4 heteroatoms. The monoisotopic (exact) mass is 328 g/mol. The Morgan fingerprint density at radius 3 is 2.40 bits per heavy atom. The fourth-order valence-electron chi connectivity index (χ4n) is 2.70. The van der Waals surface area contributed by atoms with E-state index in [9.17, 15) is 4.79 Å². The topological polar surface area (TPSA) is 55.1 Å². The van der Waals surface area contributed by atoms with E-state index in [4.69, 9.17) is 4.42 Å². The lowest BCUT2D eigenvalue weighted by Crippen LogP contribution is -2.12. The van der Waals surface area contributed by atoms with Crippen LogP contribution in [0.4, 0.5) is 5.69 Å². The molecule has 0 saturated carbocycles. The van der Waals surface area contributed by atoms with Crippen LogP contribution in [-0.4, -0.2) is 10.9 Å². The molecule has 0 fully saturated rings. The van der Waals surface area contributed by atoms with E-state index in [-0.39, 0.29) is 11.8 Å². The van der Waals surface area contributed by atoms with Gasteiger partial charge in [0.05, 0.1) is 0 Å². The summed E-state index contributed by atoms with van der Waals surface area (Å²) in [6.07, 6.45) is 0. The number of rotatable bonds is 3.